The van der Waals surface area contributed by atoms with Gasteiger partial charge < -0.3 is 15.0 Å². The van der Waals surface area contributed by atoms with Crippen LogP contribution in [0.3, 0.4) is 0 Å². The van der Waals surface area contributed by atoms with Crippen LogP contribution in [-0.4, -0.2) is 38.2 Å². The minimum absolute atomic E-state index is 0.539. The highest BCUT2D eigenvalue weighted by atomic mass is 79.9. The van der Waals surface area contributed by atoms with Gasteiger partial charge in [-0.25, -0.2) is 0 Å². The minimum atomic E-state index is 0.539. The van der Waals surface area contributed by atoms with Crippen molar-refractivity contribution in [1.29, 1.82) is 0 Å². The number of likely N-dealkylation sites (N-methyl/N-ethyl adjacent to an activating group) is 1. The molecule has 0 aliphatic rings. The van der Waals surface area contributed by atoms with E-state index in [0.717, 1.165) is 36.3 Å². The monoisotopic (exact) mass is 356 g/mol. The molecule has 3 nitrogen and oxygen atoms in total. The molecule has 0 aliphatic heterocycles. The average molecular weight is 357 g/mol. The van der Waals surface area contributed by atoms with Crippen LogP contribution in [0.25, 0.3) is 0 Å². The molecule has 0 spiro atoms. The van der Waals surface area contributed by atoms with E-state index >= 15 is 0 Å². The smallest absolute Gasteiger partial charge is 0.123 e. The molecule has 1 unspecified atom stereocenters. The molecule has 4 heteroatoms. The van der Waals surface area contributed by atoms with Crippen molar-refractivity contribution in [2.75, 3.05) is 27.2 Å². The lowest BCUT2D eigenvalue weighted by molar-refractivity contribution is 0.224. The maximum atomic E-state index is 5.82. The molecule has 0 aliphatic carbocycles. The lowest BCUT2D eigenvalue weighted by Gasteiger charge is -2.28. The van der Waals surface area contributed by atoms with E-state index in [9.17, 15) is 0 Å². The summed E-state index contributed by atoms with van der Waals surface area (Å²) in [7, 11) is 4.28. The Morgan fingerprint density at radius 1 is 1.29 bits per heavy atom. The van der Waals surface area contributed by atoms with Crippen LogP contribution in [0.15, 0.2) is 22.7 Å². The van der Waals surface area contributed by atoms with Gasteiger partial charge in [0.1, 0.15) is 5.75 Å². The van der Waals surface area contributed by atoms with E-state index in [1.54, 1.807) is 0 Å². The van der Waals surface area contributed by atoms with Gasteiger partial charge in [0, 0.05) is 29.2 Å². The van der Waals surface area contributed by atoms with Gasteiger partial charge in [0.05, 0.1) is 6.61 Å². The lowest BCUT2D eigenvalue weighted by atomic mass is 10.0. The number of nitrogens with one attached hydrogen (secondary N) is 1. The van der Waals surface area contributed by atoms with Crippen LogP contribution in [0.1, 0.15) is 32.8 Å². The third-order valence-electron chi connectivity index (χ3n) is 3.59. The summed E-state index contributed by atoms with van der Waals surface area (Å²) in [6, 6.07) is 6.75. The Morgan fingerprint density at radius 2 is 2.00 bits per heavy atom. The Hall–Kier alpha value is -0.580. The second kappa shape index (κ2) is 9.44. The first-order chi connectivity index (χ1) is 9.95. The van der Waals surface area contributed by atoms with E-state index in [-0.39, 0.29) is 0 Å². The largest absolute Gasteiger partial charge is 0.493 e. The Bertz CT molecular complexity index is 413. The van der Waals surface area contributed by atoms with E-state index < -0.39 is 0 Å². The van der Waals surface area contributed by atoms with Crippen LogP contribution in [0.5, 0.6) is 5.75 Å². The first-order valence-electron chi connectivity index (χ1n) is 7.74. The Balaban J connectivity index is 2.63. The number of halogens is 1. The van der Waals surface area contributed by atoms with Crippen molar-refractivity contribution in [3.8, 4) is 5.75 Å². The first-order valence-corrected chi connectivity index (χ1v) is 8.53. The minimum Gasteiger partial charge on any atom is -0.493 e. The van der Waals surface area contributed by atoms with Crippen LogP contribution < -0.4 is 10.1 Å². The summed E-state index contributed by atoms with van der Waals surface area (Å²) in [5, 5.41) is 3.57. The standard InChI is InChI=1S/C17H29BrN2O/c1-6-9-21-17-8-7-15(18)10-14(17)11-19-12-16(13(2)3)20(4)5/h7-8,10,13,16,19H,6,9,11-12H2,1-5H3. The van der Waals surface area contributed by atoms with E-state index in [1.165, 1.54) is 5.56 Å². The van der Waals surface area contributed by atoms with Crippen LogP contribution in [0.4, 0.5) is 0 Å². The van der Waals surface area contributed by atoms with Gasteiger partial charge in [-0.2, -0.15) is 0 Å². The Labute approximate surface area is 138 Å². The summed E-state index contributed by atoms with van der Waals surface area (Å²) in [6.07, 6.45) is 1.03. The average Bonchev–Trinajstić information content (AvgIpc) is 2.41. The van der Waals surface area contributed by atoms with E-state index in [4.69, 9.17) is 4.74 Å². The number of hydrogen-bond acceptors (Lipinski definition) is 3. The van der Waals surface area contributed by atoms with Crippen LogP contribution in [-0.2, 0) is 6.54 Å². The fourth-order valence-electron chi connectivity index (χ4n) is 2.41. The summed E-state index contributed by atoms with van der Waals surface area (Å²) in [5.74, 6) is 1.62. The second-order valence-corrected chi connectivity index (χ2v) is 6.92. The molecule has 1 N–H and O–H groups in total. The summed E-state index contributed by atoms with van der Waals surface area (Å²) in [4.78, 5) is 2.28. The third-order valence-corrected chi connectivity index (χ3v) is 4.08. The van der Waals surface area contributed by atoms with E-state index in [1.807, 2.05) is 12.1 Å². The van der Waals surface area contributed by atoms with Gasteiger partial charge in [-0.3, -0.25) is 0 Å². The molecule has 120 valence electrons. The van der Waals surface area contributed by atoms with Gasteiger partial charge in [0.25, 0.3) is 0 Å². The summed E-state index contributed by atoms with van der Waals surface area (Å²) in [5.41, 5.74) is 1.21. The Kier molecular flexibility index (Phi) is 8.30. The molecule has 1 aromatic rings. The highest BCUT2D eigenvalue weighted by Crippen LogP contribution is 2.23. The molecule has 0 radical (unpaired) electrons. The molecule has 0 heterocycles. The van der Waals surface area contributed by atoms with Crippen molar-refractivity contribution in [2.45, 2.75) is 39.8 Å². The third kappa shape index (κ3) is 6.37. The number of hydrogen-bond donors (Lipinski definition) is 1. The number of benzene rings is 1. The second-order valence-electron chi connectivity index (χ2n) is 6.01. The molecule has 0 saturated heterocycles. The van der Waals surface area contributed by atoms with Crippen LogP contribution in [0, 0.1) is 5.92 Å². The zero-order chi connectivity index (χ0) is 15.8. The normalized spacial score (nSPS) is 13.0. The number of ether oxygens (including phenoxy) is 1. The predicted octanol–water partition coefficient (Wildman–Crippen LogP) is 3.91. The molecule has 0 bridgehead atoms. The number of nitrogens with zero attached hydrogens (tertiary/aromatic N) is 1. The molecular weight excluding hydrogens is 328 g/mol. The van der Waals surface area contributed by atoms with Crippen molar-refractivity contribution in [1.82, 2.24) is 10.2 Å². The van der Waals surface area contributed by atoms with Gasteiger partial charge >= 0.3 is 0 Å². The molecule has 21 heavy (non-hydrogen) atoms. The molecule has 1 atom stereocenters. The van der Waals surface area contributed by atoms with Crippen molar-refractivity contribution in [3.63, 3.8) is 0 Å². The molecule has 0 amide bonds. The van der Waals surface area contributed by atoms with Crippen molar-refractivity contribution in [2.24, 2.45) is 5.92 Å². The van der Waals surface area contributed by atoms with Crippen molar-refractivity contribution >= 4 is 15.9 Å². The lowest BCUT2D eigenvalue weighted by Crippen LogP contribution is -2.41. The zero-order valence-corrected chi connectivity index (χ0v) is 15.5. The summed E-state index contributed by atoms with van der Waals surface area (Å²) >= 11 is 3.54. The van der Waals surface area contributed by atoms with E-state index in [0.29, 0.717) is 12.0 Å². The van der Waals surface area contributed by atoms with Gasteiger partial charge in [-0.05, 0) is 44.6 Å². The molecule has 0 aromatic heterocycles. The maximum absolute atomic E-state index is 5.82. The van der Waals surface area contributed by atoms with E-state index in [2.05, 4.69) is 67.1 Å². The van der Waals surface area contributed by atoms with Gasteiger partial charge in [0.2, 0.25) is 0 Å². The molecule has 1 rings (SSSR count). The molecule has 0 fully saturated rings. The first kappa shape index (κ1) is 18.5. The van der Waals surface area contributed by atoms with Gasteiger partial charge in [-0.15, -0.1) is 0 Å². The fourth-order valence-corrected chi connectivity index (χ4v) is 2.82. The van der Waals surface area contributed by atoms with Crippen molar-refractivity contribution in [3.05, 3.63) is 28.2 Å². The molecular formula is C17H29BrN2O. The SMILES string of the molecule is CCCOc1ccc(Br)cc1CNCC(C(C)C)N(C)C. The summed E-state index contributed by atoms with van der Waals surface area (Å²) < 4.78 is 6.92. The summed E-state index contributed by atoms with van der Waals surface area (Å²) in [6.45, 7) is 9.23. The Morgan fingerprint density at radius 3 is 2.57 bits per heavy atom. The van der Waals surface area contributed by atoms with Crippen LogP contribution >= 0.6 is 15.9 Å². The molecule has 0 saturated carbocycles. The number of rotatable bonds is 9. The van der Waals surface area contributed by atoms with Gasteiger partial charge in [-0.1, -0.05) is 36.7 Å². The molecule has 1 aromatic carbocycles. The fraction of sp³-hybridized carbons (Fsp3) is 0.647. The van der Waals surface area contributed by atoms with Crippen molar-refractivity contribution < 1.29 is 4.74 Å². The zero-order valence-electron chi connectivity index (χ0n) is 13.9. The highest BCUT2D eigenvalue weighted by Gasteiger charge is 2.15. The highest BCUT2D eigenvalue weighted by molar-refractivity contribution is 9.10. The van der Waals surface area contributed by atoms with Crippen LogP contribution in [0.2, 0.25) is 0 Å². The van der Waals surface area contributed by atoms with Gasteiger partial charge in [0.15, 0.2) is 0 Å². The topological polar surface area (TPSA) is 24.5 Å². The quantitative estimate of drug-likeness (QED) is 0.725. The predicted molar refractivity (Wildman–Crippen MR) is 93.9 cm³/mol. The maximum Gasteiger partial charge on any atom is 0.123 e.